The molecule has 2 aromatic rings. The second-order valence-electron chi connectivity index (χ2n) is 5.32. The van der Waals surface area contributed by atoms with Gasteiger partial charge in [0.25, 0.3) is 0 Å². The van der Waals surface area contributed by atoms with E-state index in [0.717, 1.165) is 17.7 Å². The van der Waals surface area contributed by atoms with Gasteiger partial charge in [-0.3, -0.25) is 9.78 Å². The molecule has 104 valence electrons. The SMILES string of the molecule is CCc1ccc(CC(=O)Cc2ccc(C)c(C)c2)nc1. The third-order valence-electron chi connectivity index (χ3n) is 3.65. The molecule has 0 spiro atoms. The molecule has 0 radical (unpaired) electrons. The van der Waals surface area contributed by atoms with Crippen molar-refractivity contribution in [3.63, 3.8) is 0 Å². The summed E-state index contributed by atoms with van der Waals surface area (Å²) < 4.78 is 0. The maximum absolute atomic E-state index is 12.1. The number of carbonyl (C=O) groups is 1. The largest absolute Gasteiger partial charge is 0.299 e. The van der Waals surface area contributed by atoms with Gasteiger partial charge in [-0.2, -0.15) is 0 Å². The van der Waals surface area contributed by atoms with E-state index in [1.807, 2.05) is 24.4 Å². The Labute approximate surface area is 120 Å². The van der Waals surface area contributed by atoms with Crippen LogP contribution in [0.4, 0.5) is 0 Å². The fraction of sp³-hybridized carbons (Fsp3) is 0.333. The first-order valence-corrected chi connectivity index (χ1v) is 7.10. The number of nitrogens with zero attached hydrogens (tertiary/aromatic N) is 1. The van der Waals surface area contributed by atoms with E-state index in [0.29, 0.717) is 12.8 Å². The van der Waals surface area contributed by atoms with E-state index < -0.39 is 0 Å². The number of rotatable bonds is 5. The van der Waals surface area contributed by atoms with Crippen molar-refractivity contribution in [1.82, 2.24) is 4.98 Å². The predicted molar refractivity (Wildman–Crippen MR) is 81.9 cm³/mol. The Kier molecular flexibility index (Phi) is 4.67. The number of ketones is 1. The van der Waals surface area contributed by atoms with Gasteiger partial charge in [-0.1, -0.05) is 31.2 Å². The number of carbonyl (C=O) groups excluding carboxylic acids is 1. The zero-order valence-electron chi connectivity index (χ0n) is 12.4. The van der Waals surface area contributed by atoms with Crippen molar-refractivity contribution in [2.24, 2.45) is 0 Å². The Morgan fingerprint density at radius 2 is 1.75 bits per heavy atom. The zero-order valence-corrected chi connectivity index (χ0v) is 12.4. The van der Waals surface area contributed by atoms with E-state index in [9.17, 15) is 4.79 Å². The molecule has 0 saturated carbocycles. The van der Waals surface area contributed by atoms with Crippen molar-refractivity contribution in [3.05, 3.63) is 64.5 Å². The van der Waals surface area contributed by atoms with Gasteiger partial charge < -0.3 is 0 Å². The summed E-state index contributed by atoms with van der Waals surface area (Å²) in [6.07, 6.45) is 3.73. The lowest BCUT2D eigenvalue weighted by Crippen LogP contribution is -2.08. The Balaban J connectivity index is 1.99. The quantitative estimate of drug-likeness (QED) is 0.828. The molecule has 0 amide bonds. The van der Waals surface area contributed by atoms with Gasteiger partial charge in [0.2, 0.25) is 0 Å². The first-order valence-electron chi connectivity index (χ1n) is 7.10. The van der Waals surface area contributed by atoms with Crippen LogP contribution in [0.1, 0.15) is 34.9 Å². The van der Waals surface area contributed by atoms with Gasteiger partial charge in [0.1, 0.15) is 5.78 Å². The van der Waals surface area contributed by atoms with E-state index in [2.05, 4.69) is 37.9 Å². The smallest absolute Gasteiger partial charge is 0.143 e. The molecule has 20 heavy (non-hydrogen) atoms. The molecule has 2 heteroatoms. The van der Waals surface area contributed by atoms with Crippen molar-refractivity contribution in [1.29, 1.82) is 0 Å². The van der Waals surface area contributed by atoms with Crippen LogP contribution in [0.25, 0.3) is 0 Å². The van der Waals surface area contributed by atoms with Crippen LogP contribution in [-0.4, -0.2) is 10.8 Å². The first kappa shape index (κ1) is 14.4. The van der Waals surface area contributed by atoms with E-state index >= 15 is 0 Å². The van der Waals surface area contributed by atoms with Gasteiger partial charge >= 0.3 is 0 Å². The summed E-state index contributed by atoms with van der Waals surface area (Å²) in [6.45, 7) is 6.26. The highest BCUT2D eigenvalue weighted by molar-refractivity contribution is 5.82. The second kappa shape index (κ2) is 6.47. The standard InChI is InChI=1S/C18H21NO/c1-4-15-7-8-17(19-12-15)11-18(20)10-16-6-5-13(2)14(3)9-16/h5-9,12H,4,10-11H2,1-3H3. The van der Waals surface area contributed by atoms with Gasteiger partial charge in [0.05, 0.1) is 0 Å². The minimum atomic E-state index is 0.213. The Hall–Kier alpha value is -1.96. The van der Waals surface area contributed by atoms with Crippen LogP contribution in [-0.2, 0) is 24.1 Å². The number of Topliss-reactive ketones (excluding diaryl/α,β-unsaturated/α-hetero) is 1. The minimum Gasteiger partial charge on any atom is -0.299 e. The first-order chi connectivity index (χ1) is 9.58. The number of hydrogen-bond acceptors (Lipinski definition) is 2. The summed E-state index contributed by atoms with van der Waals surface area (Å²) in [5.41, 5.74) is 5.65. The van der Waals surface area contributed by atoms with Crippen LogP contribution in [0.5, 0.6) is 0 Å². The molecule has 0 saturated heterocycles. The van der Waals surface area contributed by atoms with Crippen LogP contribution in [0.2, 0.25) is 0 Å². The third kappa shape index (κ3) is 3.77. The third-order valence-corrected chi connectivity index (χ3v) is 3.65. The van der Waals surface area contributed by atoms with E-state index in [-0.39, 0.29) is 5.78 Å². The molecular formula is C18H21NO. The molecule has 1 heterocycles. The number of benzene rings is 1. The van der Waals surface area contributed by atoms with Crippen LogP contribution in [0.15, 0.2) is 36.5 Å². The highest BCUT2D eigenvalue weighted by atomic mass is 16.1. The summed E-state index contributed by atoms with van der Waals surface area (Å²) in [5, 5.41) is 0. The lowest BCUT2D eigenvalue weighted by atomic mass is 10.0. The maximum Gasteiger partial charge on any atom is 0.143 e. The minimum absolute atomic E-state index is 0.213. The van der Waals surface area contributed by atoms with Crippen molar-refractivity contribution in [3.8, 4) is 0 Å². The van der Waals surface area contributed by atoms with E-state index in [4.69, 9.17) is 0 Å². The monoisotopic (exact) mass is 267 g/mol. The Bertz CT molecular complexity index is 599. The van der Waals surface area contributed by atoms with Gasteiger partial charge in [0.15, 0.2) is 0 Å². The lowest BCUT2D eigenvalue weighted by molar-refractivity contribution is -0.117. The number of hydrogen-bond donors (Lipinski definition) is 0. The highest BCUT2D eigenvalue weighted by Crippen LogP contribution is 2.11. The average molecular weight is 267 g/mol. The molecule has 1 aromatic carbocycles. The normalized spacial score (nSPS) is 10.6. The topological polar surface area (TPSA) is 30.0 Å². The summed E-state index contributed by atoms with van der Waals surface area (Å²) in [7, 11) is 0. The molecule has 1 aromatic heterocycles. The molecule has 2 rings (SSSR count). The molecular weight excluding hydrogens is 246 g/mol. The fourth-order valence-corrected chi connectivity index (χ4v) is 2.17. The molecule has 2 nitrogen and oxygen atoms in total. The molecule has 0 aliphatic rings. The highest BCUT2D eigenvalue weighted by Gasteiger charge is 2.07. The van der Waals surface area contributed by atoms with Crippen LogP contribution >= 0.6 is 0 Å². The number of pyridine rings is 1. The molecule has 0 unspecified atom stereocenters. The van der Waals surface area contributed by atoms with Crippen molar-refractivity contribution in [2.75, 3.05) is 0 Å². The number of aromatic nitrogens is 1. The second-order valence-corrected chi connectivity index (χ2v) is 5.32. The van der Waals surface area contributed by atoms with E-state index in [1.165, 1.54) is 16.7 Å². The molecule has 0 aliphatic heterocycles. The molecule has 0 aliphatic carbocycles. The van der Waals surface area contributed by atoms with Gasteiger partial charge in [0, 0.05) is 24.7 Å². The summed E-state index contributed by atoms with van der Waals surface area (Å²) in [6, 6.07) is 10.2. The van der Waals surface area contributed by atoms with Crippen LogP contribution in [0, 0.1) is 13.8 Å². The van der Waals surface area contributed by atoms with Crippen molar-refractivity contribution < 1.29 is 4.79 Å². The molecule has 0 bridgehead atoms. The number of aryl methyl sites for hydroxylation is 3. The molecule has 0 atom stereocenters. The van der Waals surface area contributed by atoms with Crippen LogP contribution < -0.4 is 0 Å². The molecule has 0 N–H and O–H groups in total. The van der Waals surface area contributed by atoms with Crippen molar-refractivity contribution in [2.45, 2.75) is 40.0 Å². The fourth-order valence-electron chi connectivity index (χ4n) is 2.17. The summed E-state index contributed by atoms with van der Waals surface area (Å²) >= 11 is 0. The Morgan fingerprint density at radius 1 is 1.00 bits per heavy atom. The van der Waals surface area contributed by atoms with Gasteiger partial charge in [-0.05, 0) is 48.6 Å². The maximum atomic E-state index is 12.1. The predicted octanol–water partition coefficient (Wildman–Crippen LogP) is 3.62. The molecule has 0 fully saturated rings. The lowest BCUT2D eigenvalue weighted by Gasteiger charge is -2.05. The van der Waals surface area contributed by atoms with Crippen molar-refractivity contribution >= 4 is 5.78 Å². The zero-order chi connectivity index (χ0) is 14.5. The van der Waals surface area contributed by atoms with E-state index in [1.54, 1.807) is 0 Å². The van der Waals surface area contributed by atoms with Gasteiger partial charge in [-0.15, -0.1) is 0 Å². The van der Waals surface area contributed by atoms with Gasteiger partial charge in [-0.25, -0.2) is 0 Å². The average Bonchev–Trinajstić information content (AvgIpc) is 2.44. The summed E-state index contributed by atoms with van der Waals surface area (Å²) in [4.78, 5) is 16.4. The van der Waals surface area contributed by atoms with Crippen LogP contribution in [0.3, 0.4) is 0 Å². The Morgan fingerprint density at radius 3 is 2.35 bits per heavy atom. The summed E-state index contributed by atoms with van der Waals surface area (Å²) in [5.74, 6) is 0.213.